The van der Waals surface area contributed by atoms with Crippen molar-refractivity contribution in [3.8, 4) is 11.3 Å². The molecule has 33 heavy (non-hydrogen) atoms. The number of nitrogens with one attached hydrogen (secondary N) is 1. The first kappa shape index (κ1) is 20.9. The van der Waals surface area contributed by atoms with Gasteiger partial charge >= 0.3 is 6.03 Å². The molecule has 3 aromatic carbocycles. The maximum absolute atomic E-state index is 12.7. The van der Waals surface area contributed by atoms with Gasteiger partial charge in [-0.2, -0.15) is 0 Å². The van der Waals surface area contributed by atoms with Gasteiger partial charge in [0.05, 0.1) is 5.69 Å². The van der Waals surface area contributed by atoms with Crippen LogP contribution in [0.4, 0.5) is 16.3 Å². The monoisotopic (exact) mass is 437 g/mol. The Bertz CT molecular complexity index is 1290. The zero-order valence-electron chi connectivity index (χ0n) is 19.0. The van der Waals surface area contributed by atoms with Crippen molar-refractivity contribution in [2.24, 2.45) is 0 Å². The largest absolute Gasteiger partial charge is 0.352 e. The van der Waals surface area contributed by atoms with Gasteiger partial charge in [0.15, 0.2) is 5.82 Å². The van der Waals surface area contributed by atoms with Crippen LogP contribution in [0.3, 0.4) is 0 Å². The van der Waals surface area contributed by atoms with Crippen LogP contribution in [0.5, 0.6) is 0 Å². The van der Waals surface area contributed by atoms with Gasteiger partial charge in [-0.05, 0) is 60.0 Å². The van der Waals surface area contributed by atoms with E-state index in [-0.39, 0.29) is 6.03 Å². The standard InChI is InChI=1S/C27H27N5O/c1-19-10-11-22(18-20(19)2)28-27(33)32-16-14-31(15-17-32)26-13-12-25(29-30-26)24-9-5-7-21-6-3-4-8-23(21)24/h3-13,18H,14-17H2,1-2H3,(H,28,33). The fourth-order valence-electron chi connectivity index (χ4n) is 4.25. The second-order valence-corrected chi connectivity index (χ2v) is 8.51. The van der Waals surface area contributed by atoms with Gasteiger partial charge in [-0.15, -0.1) is 10.2 Å². The molecule has 6 heteroatoms. The third kappa shape index (κ3) is 4.37. The lowest BCUT2D eigenvalue weighted by Gasteiger charge is -2.35. The molecule has 6 nitrogen and oxygen atoms in total. The summed E-state index contributed by atoms with van der Waals surface area (Å²) in [4.78, 5) is 16.7. The number of aryl methyl sites for hydroxylation is 2. The van der Waals surface area contributed by atoms with Crippen molar-refractivity contribution >= 4 is 28.3 Å². The molecule has 2 heterocycles. The number of nitrogens with zero attached hydrogens (tertiary/aromatic N) is 4. The summed E-state index contributed by atoms with van der Waals surface area (Å²) < 4.78 is 0. The van der Waals surface area contributed by atoms with E-state index >= 15 is 0 Å². The van der Waals surface area contributed by atoms with E-state index in [1.54, 1.807) is 0 Å². The minimum atomic E-state index is -0.0599. The lowest BCUT2D eigenvalue weighted by Crippen LogP contribution is -2.50. The third-order valence-corrected chi connectivity index (χ3v) is 6.37. The van der Waals surface area contributed by atoms with E-state index in [4.69, 9.17) is 0 Å². The highest BCUT2D eigenvalue weighted by Crippen LogP contribution is 2.27. The quantitative estimate of drug-likeness (QED) is 0.474. The molecule has 2 amide bonds. The normalized spacial score (nSPS) is 13.9. The van der Waals surface area contributed by atoms with Crippen LogP contribution in [-0.2, 0) is 0 Å². The zero-order valence-corrected chi connectivity index (χ0v) is 19.0. The number of amides is 2. The van der Waals surface area contributed by atoms with E-state index in [2.05, 4.69) is 64.6 Å². The van der Waals surface area contributed by atoms with Gasteiger partial charge in [0.25, 0.3) is 0 Å². The Morgan fingerprint density at radius 1 is 0.818 bits per heavy atom. The van der Waals surface area contributed by atoms with Crippen molar-refractivity contribution in [1.82, 2.24) is 15.1 Å². The number of carbonyl (C=O) groups is 1. The molecule has 1 aromatic heterocycles. The highest BCUT2D eigenvalue weighted by atomic mass is 16.2. The van der Waals surface area contributed by atoms with E-state index in [0.29, 0.717) is 13.1 Å². The smallest absolute Gasteiger partial charge is 0.321 e. The number of fused-ring (bicyclic) bond motifs is 1. The van der Waals surface area contributed by atoms with Crippen molar-refractivity contribution in [3.63, 3.8) is 0 Å². The molecule has 1 N–H and O–H groups in total. The van der Waals surface area contributed by atoms with Crippen molar-refractivity contribution in [3.05, 3.63) is 83.9 Å². The molecule has 1 fully saturated rings. The van der Waals surface area contributed by atoms with Gasteiger partial charge in [-0.25, -0.2) is 4.79 Å². The SMILES string of the molecule is Cc1ccc(NC(=O)N2CCN(c3ccc(-c4cccc5ccccc45)nn3)CC2)cc1C. The molecule has 1 aliphatic heterocycles. The maximum atomic E-state index is 12.7. The summed E-state index contributed by atoms with van der Waals surface area (Å²) in [6.07, 6.45) is 0. The predicted octanol–water partition coefficient (Wildman–Crippen LogP) is 5.27. The van der Waals surface area contributed by atoms with Crippen LogP contribution in [0, 0.1) is 13.8 Å². The van der Waals surface area contributed by atoms with Crippen molar-refractivity contribution < 1.29 is 4.79 Å². The molecule has 0 atom stereocenters. The van der Waals surface area contributed by atoms with Gasteiger partial charge in [0, 0.05) is 37.4 Å². The Morgan fingerprint density at radius 2 is 1.61 bits per heavy atom. The summed E-state index contributed by atoms with van der Waals surface area (Å²) in [5, 5.41) is 14.4. The first-order chi connectivity index (χ1) is 16.1. The average Bonchev–Trinajstić information content (AvgIpc) is 2.86. The molecule has 166 valence electrons. The van der Waals surface area contributed by atoms with Crippen molar-refractivity contribution in [2.45, 2.75) is 13.8 Å². The van der Waals surface area contributed by atoms with Crippen LogP contribution in [0.1, 0.15) is 11.1 Å². The molecule has 4 aromatic rings. The van der Waals surface area contributed by atoms with Crippen LogP contribution >= 0.6 is 0 Å². The number of hydrogen-bond donors (Lipinski definition) is 1. The Hall–Kier alpha value is -3.93. The second kappa shape index (κ2) is 8.90. The van der Waals surface area contributed by atoms with E-state index in [1.807, 2.05) is 47.4 Å². The zero-order chi connectivity index (χ0) is 22.8. The number of benzene rings is 3. The molecular weight excluding hydrogens is 410 g/mol. The van der Waals surface area contributed by atoms with Gasteiger partial charge in [0.1, 0.15) is 0 Å². The summed E-state index contributed by atoms with van der Waals surface area (Å²) >= 11 is 0. The van der Waals surface area contributed by atoms with E-state index < -0.39 is 0 Å². The summed E-state index contributed by atoms with van der Waals surface area (Å²) in [5.41, 5.74) is 5.17. The fraction of sp³-hybridized carbons (Fsp3) is 0.222. The summed E-state index contributed by atoms with van der Waals surface area (Å²) in [5.74, 6) is 0.841. The predicted molar refractivity (Wildman–Crippen MR) is 134 cm³/mol. The molecule has 0 spiro atoms. The summed E-state index contributed by atoms with van der Waals surface area (Å²) in [6, 6.07) is 24.5. The van der Waals surface area contributed by atoms with Gasteiger partial charge in [-0.1, -0.05) is 48.5 Å². The highest BCUT2D eigenvalue weighted by molar-refractivity contribution is 5.95. The summed E-state index contributed by atoms with van der Waals surface area (Å²) in [6.45, 7) is 6.85. The van der Waals surface area contributed by atoms with Crippen LogP contribution in [0.2, 0.25) is 0 Å². The molecule has 0 unspecified atom stereocenters. The molecule has 1 aliphatic rings. The van der Waals surface area contributed by atoms with Crippen LogP contribution in [0.15, 0.2) is 72.8 Å². The molecular formula is C27H27N5O. The van der Waals surface area contributed by atoms with Crippen molar-refractivity contribution in [1.29, 1.82) is 0 Å². The lowest BCUT2D eigenvalue weighted by molar-refractivity contribution is 0.208. The van der Waals surface area contributed by atoms with Gasteiger partial charge < -0.3 is 15.1 Å². The molecule has 0 radical (unpaired) electrons. The molecule has 1 saturated heterocycles. The maximum Gasteiger partial charge on any atom is 0.321 e. The molecule has 0 aliphatic carbocycles. The van der Waals surface area contributed by atoms with Crippen LogP contribution < -0.4 is 10.2 Å². The Morgan fingerprint density at radius 3 is 2.36 bits per heavy atom. The highest BCUT2D eigenvalue weighted by Gasteiger charge is 2.22. The number of aromatic nitrogens is 2. The van der Waals surface area contributed by atoms with Gasteiger partial charge in [0.2, 0.25) is 0 Å². The first-order valence-corrected chi connectivity index (χ1v) is 11.3. The first-order valence-electron chi connectivity index (χ1n) is 11.3. The number of rotatable bonds is 3. The fourth-order valence-corrected chi connectivity index (χ4v) is 4.25. The van der Waals surface area contributed by atoms with Crippen LogP contribution in [-0.4, -0.2) is 47.3 Å². The second-order valence-electron chi connectivity index (χ2n) is 8.51. The Labute approximate surface area is 193 Å². The average molecular weight is 438 g/mol. The number of piperazine rings is 1. The van der Waals surface area contributed by atoms with Crippen LogP contribution in [0.25, 0.3) is 22.0 Å². The topological polar surface area (TPSA) is 61.4 Å². The summed E-state index contributed by atoms with van der Waals surface area (Å²) in [7, 11) is 0. The Kier molecular flexibility index (Phi) is 5.65. The number of carbonyl (C=O) groups excluding carboxylic acids is 1. The third-order valence-electron chi connectivity index (χ3n) is 6.37. The molecule has 0 bridgehead atoms. The minimum Gasteiger partial charge on any atom is -0.352 e. The lowest BCUT2D eigenvalue weighted by atomic mass is 10.0. The Balaban J connectivity index is 1.23. The number of hydrogen-bond acceptors (Lipinski definition) is 4. The van der Waals surface area contributed by atoms with Crippen molar-refractivity contribution in [2.75, 3.05) is 36.4 Å². The van der Waals surface area contributed by atoms with E-state index in [1.165, 1.54) is 21.9 Å². The van der Waals surface area contributed by atoms with E-state index in [0.717, 1.165) is 35.9 Å². The number of anilines is 2. The molecule has 0 saturated carbocycles. The van der Waals surface area contributed by atoms with E-state index in [9.17, 15) is 4.79 Å². The molecule has 5 rings (SSSR count). The van der Waals surface area contributed by atoms with Gasteiger partial charge in [-0.3, -0.25) is 0 Å². The minimum absolute atomic E-state index is 0.0599. The number of urea groups is 1.